The Labute approximate surface area is 492 Å². The zero-order valence-corrected chi connectivity index (χ0v) is 46.0. The van der Waals surface area contributed by atoms with E-state index in [1.807, 2.05) is 0 Å². The molecule has 1 unspecified atom stereocenters. The Morgan fingerprint density at radius 3 is 1.41 bits per heavy atom. The van der Waals surface area contributed by atoms with Gasteiger partial charge in [-0.3, -0.25) is 43.3 Å². The maximum Gasteiger partial charge on any atom is 0.435 e. The number of aliphatic hydroxyl groups is 1. The molecule has 88 heavy (non-hydrogen) atoms. The topological polar surface area (TPSA) is 219 Å². The molecule has 0 saturated carbocycles. The molecular formula is C62H50F12N8O6. The summed E-state index contributed by atoms with van der Waals surface area (Å²) in [5.74, 6) is -10.3. The molecule has 3 atom stereocenters. The van der Waals surface area contributed by atoms with Crippen LogP contribution in [-0.2, 0) is 78.4 Å². The van der Waals surface area contributed by atoms with Crippen LogP contribution in [0.5, 0.6) is 0 Å². The van der Waals surface area contributed by atoms with E-state index < -0.39 is 119 Å². The smallest absolute Gasteiger partial charge is 0.393 e. The molecule has 4 aromatic heterocycles. The minimum absolute atomic E-state index is 0.00627. The fraction of sp³-hybridized carbons (Fsp3) is 0.274. The molecule has 14 nitrogen and oxygen atoms in total. The maximum absolute atomic E-state index is 14.2. The van der Waals surface area contributed by atoms with Crippen molar-refractivity contribution in [2.75, 3.05) is 0 Å². The summed E-state index contributed by atoms with van der Waals surface area (Å²) in [6.45, 7) is -1.07. The minimum Gasteiger partial charge on any atom is -0.393 e. The largest absolute Gasteiger partial charge is 0.435 e. The lowest BCUT2D eigenvalue weighted by atomic mass is 9.86. The van der Waals surface area contributed by atoms with Crippen molar-refractivity contribution in [1.82, 2.24) is 29.5 Å². The molecule has 0 saturated heterocycles. The Morgan fingerprint density at radius 1 is 0.568 bits per heavy atom. The number of nitrogens with two attached hydrogens (primary N) is 2. The van der Waals surface area contributed by atoms with Crippen LogP contribution in [-0.4, -0.2) is 69.9 Å². The standard InChI is InChI=1S/C31H26F6N4O3.C31H24F6N4O3/c2*32-19-9-16(10-20(33)13-19)8-18(28-23(2-1-7-39-28)17-3-5-26(34)24(12-17)30(38)44)11-22(43)15-41-27-6-4-21(42)14-25(27)29(40-41)31(35,36)37/h1-3,5,7,9-10,12-13,18,21,42H,4,6,8,11,14-15H2,(H2,38,44);1-3,5,7,9-10,12-13,18H,4,6,8,11,14-15H2,(H2,38,44)/t18-,21?;18-/m11/s1. The van der Waals surface area contributed by atoms with Gasteiger partial charge >= 0.3 is 12.4 Å². The third kappa shape index (κ3) is 14.7. The predicted octanol–water partition coefficient (Wildman–Crippen LogP) is 10.8. The summed E-state index contributed by atoms with van der Waals surface area (Å²) in [7, 11) is 0. The number of primary amides is 2. The summed E-state index contributed by atoms with van der Waals surface area (Å²) in [5.41, 5.74) is 9.77. The van der Waals surface area contributed by atoms with Crippen LogP contribution in [0.4, 0.5) is 52.7 Å². The predicted molar refractivity (Wildman–Crippen MR) is 291 cm³/mol. The van der Waals surface area contributed by atoms with Gasteiger partial charge in [0.15, 0.2) is 23.0 Å². The number of aliphatic hydroxyl groups excluding tert-OH is 1. The number of alkyl halides is 6. The lowest BCUT2D eigenvalue weighted by Crippen LogP contribution is -2.23. The number of fused-ring (bicyclic) bond motifs is 2. The first-order valence-corrected chi connectivity index (χ1v) is 27.1. The Hall–Kier alpha value is -9.33. The van der Waals surface area contributed by atoms with E-state index in [0.717, 1.165) is 45.8 Å². The van der Waals surface area contributed by atoms with E-state index in [1.165, 1.54) is 36.7 Å². The average molecular weight is 1230 g/mol. The first-order valence-electron chi connectivity index (χ1n) is 27.1. The zero-order chi connectivity index (χ0) is 63.5. The van der Waals surface area contributed by atoms with Gasteiger partial charge in [-0.15, -0.1) is 0 Å². The van der Waals surface area contributed by atoms with Gasteiger partial charge in [-0.25, -0.2) is 26.3 Å². The number of aromatic nitrogens is 6. The van der Waals surface area contributed by atoms with Crippen LogP contribution in [0.1, 0.15) is 115 Å². The molecule has 2 amide bonds. The van der Waals surface area contributed by atoms with E-state index in [1.54, 1.807) is 24.3 Å². The van der Waals surface area contributed by atoms with Crippen LogP contribution in [0.2, 0.25) is 0 Å². The van der Waals surface area contributed by atoms with E-state index >= 15 is 0 Å². The van der Waals surface area contributed by atoms with Gasteiger partial charge in [0, 0.05) is 102 Å². The summed E-state index contributed by atoms with van der Waals surface area (Å²) in [6, 6.07) is 19.3. The van der Waals surface area contributed by atoms with E-state index in [0.29, 0.717) is 34.4 Å². The van der Waals surface area contributed by atoms with Crippen LogP contribution in [0.15, 0.2) is 109 Å². The summed E-state index contributed by atoms with van der Waals surface area (Å²) in [4.78, 5) is 71.3. The maximum atomic E-state index is 14.2. The van der Waals surface area contributed by atoms with Gasteiger partial charge in [0.05, 0.1) is 41.7 Å². The van der Waals surface area contributed by atoms with Gasteiger partial charge in [-0.05, 0) is 115 Å². The fourth-order valence-electron chi connectivity index (χ4n) is 11.2. The van der Waals surface area contributed by atoms with Crippen LogP contribution < -0.4 is 11.5 Å². The molecule has 26 heteroatoms. The first kappa shape index (κ1) is 63.2. The van der Waals surface area contributed by atoms with Crippen LogP contribution >= 0.6 is 0 Å². The monoisotopic (exact) mass is 1230 g/mol. The molecule has 4 heterocycles. The molecule has 0 fully saturated rings. The number of amides is 2. The SMILES string of the molecule is NC(=O)c1cc(-c2cccnc2[C@@H](CC(=O)Cn2nc(C(F)(F)F)c3c2CCC(=O)C3)Cc2cc(F)cc(F)c2)ccc1F.NC(=O)c1cc(-c2cccnc2[C@@H](CC(=O)Cn2nc(C(F)(F)F)c3c2CCC(O)C3)Cc2cc(F)cc(F)c2)ccc1F. The number of nitrogens with zero attached hydrogens (tertiary/aromatic N) is 6. The van der Waals surface area contributed by atoms with Crippen molar-refractivity contribution in [2.24, 2.45) is 11.5 Å². The van der Waals surface area contributed by atoms with Crippen LogP contribution in [0, 0.1) is 34.9 Å². The number of pyridine rings is 2. The number of halogens is 12. The molecule has 0 spiro atoms. The van der Waals surface area contributed by atoms with Gasteiger partial charge in [0.25, 0.3) is 11.8 Å². The molecule has 4 aromatic carbocycles. The van der Waals surface area contributed by atoms with Crippen molar-refractivity contribution in [3.8, 4) is 22.3 Å². The molecule has 2 aliphatic carbocycles. The number of Topliss-reactive ketones (excluding diaryl/α,β-unsaturated/α-hetero) is 3. The number of hydrogen-bond acceptors (Lipinski definition) is 10. The Bertz CT molecular complexity index is 3990. The van der Waals surface area contributed by atoms with Crippen molar-refractivity contribution in [3.05, 3.63) is 212 Å². The third-order valence-corrected chi connectivity index (χ3v) is 15.0. The summed E-state index contributed by atoms with van der Waals surface area (Å²) in [5, 5.41) is 17.3. The lowest BCUT2D eigenvalue weighted by Gasteiger charge is -2.21. The first-order chi connectivity index (χ1) is 41.6. The van der Waals surface area contributed by atoms with E-state index in [9.17, 15) is 81.8 Å². The van der Waals surface area contributed by atoms with Crippen molar-refractivity contribution in [3.63, 3.8) is 0 Å². The van der Waals surface area contributed by atoms with Gasteiger partial charge in [0.2, 0.25) is 0 Å². The average Bonchev–Trinajstić information content (AvgIpc) is 1.68. The highest BCUT2D eigenvalue weighted by Crippen LogP contribution is 2.40. The molecule has 10 rings (SSSR count). The molecule has 8 aromatic rings. The Balaban J connectivity index is 0.000000209. The second-order valence-corrected chi connectivity index (χ2v) is 21.3. The number of carbonyl (C=O) groups excluding carboxylic acids is 5. The van der Waals surface area contributed by atoms with Crippen LogP contribution in [0.25, 0.3) is 22.3 Å². The van der Waals surface area contributed by atoms with Gasteiger partial charge in [0.1, 0.15) is 40.7 Å². The van der Waals surface area contributed by atoms with Crippen molar-refractivity contribution in [1.29, 1.82) is 0 Å². The summed E-state index contributed by atoms with van der Waals surface area (Å²) >= 11 is 0. The number of rotatable bonds is 18. The van der Waals surface area contributed by atoms with Gasteiger partial charge in [-0.2, -0.15) is 36.5 Å². The summed E-state index contributed by atoms with van der Waals surface area (Å²) in [6.07, 6.45) is -8.96. The number of carbonyl (C=O) groups is 5. The highest BCUT2D eigenvalue weighted by Gasteiger charge is 2.42. The fourth-order valence-corrected chi connectivity index (χ4v) is 11.2. The molecular weight excluding hydrogens is 1180 g/mol. The van der Waals surface area contributed by atoms with Crippen molar-refractivity contribution >= 4 is 29.2 Å². The van der Waals surface area contributed by atoms with Crippen molar-refractivity contribution < 1.29 is 81.8 Å². The molecule has 0 radical (unpaired) electrons. The number of benzene rings is 4. The molecule has 2 aliphatic rings. The van der Waals surface area contributed by atoms with Crippen molar-refractivity contribution in [2.45, 2.75) is 108 Å². The van der Waals surface area contributed by atoms with Gasteiger partial charge in [-0.1, -0.05) is 24.3 Å². The van der Waals surface area contributed by atoms with Crippen LogP contribution in [0.3, 0.4) is 0 Å². The second kappa shape index (κ2) is 25.9. The summed E-state index contributed by atoms with van der Waals surface area (Å²) < 4.78 is 169. The number of ketones is 3. The quantitative estimate of drug-likeness (QED) is 0.0690. The van der Waals surface area contributed by atoms with E-state index in [-0.39, 0.29) is 120 Å². The lowest BCUT2D eigenvalue weighted by molar-refractivity contribution is -0.143. The number of hydrogen-bond donors (Lipinski definition) is 3. The molecule has 0 aliphatic heterocycles. The van der Waals surface area contributed by atoms with Gasteiger partial charge < -0.3 is 16.6 Å². The molecule has 0 bridgehead atoms. The molecule has 5 N–H and O–H groups in total. The highest BCUT2D eigenvalue weighted by atomic mass is 19.4. The molecule has 458 valence electrons. The Morgan fingerprint density at radius 2 is 0.989 bits per heavy atom. The second-order valence-electron chi connectivity index (χ2n) is 21.3. The zero-order valence-electron chi connectivity index (χ0n) is 46.0. The third-order valence-electron chi connectivity index (χ3n) is 15.0. The normalized spacial score (nSPS) is 14.7. The van der Waals surface area contributed by atoms with E-state index in [2.05, 4.69) is 20.2 Å². The highest BCUT2D eigenvalue weighted by molar-refractivity contribution is 5.95. The Kier molecular flexibility index (Phi) is 18.6. The van der Waals surface area contributed by atoms with E-state index in [4.69, 9.17) is 11.5 Å². The minimum atomic E-state index is -4.83.